The molecule has 2 rings (SSSR count). The number of methoxy groups -OCH3 is 1. The lowest BCUT2D eigenvalue weighted by Gasteiger charge is -2.48. The third-order valence-electron chi connectivity index (χ3n) is 5.66. The van der Waals surface area contributed by atoms with Gasteiger partial charge in [-0.3, -0.25) is 4.79 Å². The Balaban J connectivity index is 2.25. The zero-order valence-electron chi connectivity index (χ0n) is 16.9. The maximum Gasteiger partial charge on any atom is 0.432 e. The van der Waals surface area contributed by atoms with Crippen LogP contribution in [0.3, 0.4) is 0 Å². The third kappa shape index (κ3) is 4.83. The minimum Gasteiger partial charge on any atom is -0.442 e. The molecule has 1 aliphatic carbocycles. The molecule has 1 heterocycles. The van der Waals surface area contributed by atoms with Gasteiger partial charge in [-0.1, -0.05) is 34.2 Å². The fraction of sp³-hybridized carbons (Fsp3) is 0.789. The van der Waals surface area contributed by atoms with Gasteiger partial charge in [0.25, 0.3) is 0 Å². The molecule has 2 fully saturated rings. The second-order valence-corrected chi connectivity index (χ2v) is 9.08. The van der Waals surface area contributed by atoms with Crippen molar-refractivity contribution in [3.63, 3.8) is 0 Å². The molecule has 9 heteroatoms. The van der Waals surface area contributed by atoms with Crippen LogP contribution in [0.1, 0.15) is 47.0 Å². The summed E-state index contributed by atoms with van der Waals surface area (Å²) in [6.45, 7) is 7.20. The van der Waals surface area contributed by atoms with Crippen LogP contribution in [0, 0.1) is 5.92 Å². The number of carbonyl (C=O) groups excluding carboxylic acids is 2. The number of ether oxygens (including phenoxy) is 3. The van der Waals surface area contributed by atoms with Gasteiger partial charge in [-0.2, -0.15) is 4.42 Å². The van der Waals surface area contributed by atoms with E-state index >= 15 is 0 Å². The molecule has 0 spiro atoms. The number of epoxide rings is 1. The van der Waals surface area contributed by atoms with Gasteiger partial charge in [-0.25, -0.2) is 4.79 Å². The molecule has 0 radical (unpaired) electrons. The summed E-state index contributed by atoms with van der Waals surface area (Å²) < 4.78 is 18.1. The molecule has 28 heavy (non-hydrogen) atoms. The number of hydrogen-bond donors (Lipinski definition) is 1. The van der Waals surface area contributed by atoms with Crippen LogP contribution in [0.25, 0.3) is 0 Å². The Bertz CT molecular complexity index is 642. The van der Waals surface area contributed by atoms with Crippen molar-refractivity contribution in [1.29, 1.82) is 0 Å². The quantitative estimate of drug-likeness (QED) is 0.186. The lowest BCUT2D eigenvalue weighted by atomic mass is 9.66. The number of imide groups is 1. The van der Waals surface area contributed by atoms with E-state index in [-0.39, 0.29) is 6.10 Å². The first-order valence-corrected chi connectivity index (χ1v) is 11.2. The first-order valence-electron chi connectivity index (χ1n) is 9.29. The molecule has 1 N–H and O–H groups in total. The summed E-state index contributed by atoms with van der Waals surface area (Å²) in [4.78, 5) is 23.5. The van der Waals surface area contributed by atoms with E-state index in [1.165, 1.54) is 19.6 Å². The van der Waals surface area contributed by atoms with E-state index in [1.54, 1.807) is 0 Å². The number of alkyl halides is 1. The van der Waals surface area contributed by atoms with Crippen molar-refractivity contribution in [2.45, 2.75) is 76.5 Å². The zero-order chi connectivity index (χ0) is 21.3. The van der Waals surface area contributed by atoms with Crippen LogP contribution in [-0.2, 0) is 19.0 Å². The molecule has 2 amide bonds. The number of nitrogens with zero attached hydrogens (tertiary/aromatic N) is 1. The summed E-state index contributed by atoms with van der Waals surface area (Å²) in [6.07, 6.45) is 1.46. The molecule has 2 aliphatic rings. The molecule has 6 atom stereocenters. The first kappa shape index (κ1) is 23.9. The van der Waals surface area contributed by atoms with Crippen molar-refractivity contribution in [2.75, 3.05) is 11.5 Å². The van der Waals surface area contributed by atoms with E-state index in [4.69, 9.17) is 26.0 Å². The Morgan fingerprint density at radius 3 is 2.54 bits per heavy atom. The summed E-state index contributed by atoms with van der Waals surface area (Å²) >= 11 is 7.85. The monoisotopic (exact) mass is 529 g/mol. The van der Waals surface area contributed by atoms with Crippen LogP contribution in [0.4, 0.5) is 4.79 Å². The molecule has 160 valence electrons. The van der Waals surface area contributed by atoms with Crippen molar-refractivity contribution in [2.24, 2.45) is 5.92 Å². The number of aliphatic hydroxyl groups is 1. The molecule has 6 unspecified atom stereocenters. The standard InChI is InChI=1S/C19H29ClINO6/c1-11(2)6-7-14-18(4,28-14)16-15(26-5)13(8-9-19(16,25)10-21)27-17(24)22(20)12(3)23/h6,13-16,25H,7-10H2,1-5H3. The van der Waals surface area contributed by atoms with Gasteiger partial charge >= 0.3 is 6.09 Å². The Labute approximate surface area is 185 Å². The average molecular weight is 530 g/mol. The Kier molecular flexibility index (Phi) is 7.80. The van der Waals surface area contributed by atoms with Crippen molar-refractivity contribution in [1.82, 2.24) is 4.42 Å². The van der Waals surface area contributed by atoms with Gasteiger partial charge in [0.05, 0.1) is 11.7 Å². The third-order valence-corrected chi connectivity index (χ3v) is 7.36. The van der Waals surface area contributed by atoms with Crippen LogP contribution in [0.2, 0.25) is 0 Å². The van der Waals surface area contributed by atoms with Gasteiger partial charge in [0.1, 0.15) is 17.8 Å². The van der Waals surface area contributed by atoms with E-state index in [0.717, 1.165) is 6.42 Å². The maximum atomic E-state index is 12.2. The molecular formula is C19H29ClINO6. The topological polar surface area (TPSA) is 88.6 Å². The number of amides is 2. The minimum atomic E-state index is -1.01. The lowest BCUT2D eigenvalue weighted by Crippen LogP contribution is -2.61. The Hall–Kier alpha value is -0.420. The lowest BCUT2D eigenvalue weighted by molar-refractivity contribution is -0.170. The van der Waals surface area contributed by atoms with Crippen LogP contribution in [0.15, 0.2) is 11.6 Å². The Morgan fingerprint density at radius 2 is 2.04 bits per heavy atom. The summed E-state index contributed by atoms with van der Waals surface area (Å²) in [5.74, 6) is -1.03. The molecule has 0 aromatic rings. The second kappa shape index (κ2) is 9.16. The van der Waals surface area contributed by atoms with Crippen molar-refractivity contribution < 1.29 is 28.9 Å². The summed E-state index contributed by atoms with van der Waals surface area (Å²) in [5.41, 5.74) is -0.411. The van der Waals surface area contributed by atoms with E-state index < -0.39 is 41.3 Å². The molecule has 0 aromatic carbocycles. The number of carbonyl (C=O) groups is 2. The van der Waals surface area contributed by atoms with Crippen LogP contribution in [-0.4, -0.2) is 62.6 Å². The molecule has 1 saturated heterocycles. The van der Waals surface area contributed by atoms with E-state index in [2.05, 4.69) is 28.7 Å². The first-order chi connectivity index (χ1) is 13.0. The maximum absolute atomic E-state index is 12.2. The van der Waals surface area contributed by atoms with Gasteiger partial charge in [0, 0.05) is 36.2 Å². The summed E-state index contributed by atoms with van der Waals surface area (Å²) in [5, 5.41) is 11.3. The highest BCUT2D eigenvalue weighted by molar-refractivity contribution is 14.1. The summed E-state index contributed by atoms with van der Waals surface area (Å²) in [7, 11) is 1.53. The van der Waals surface area contributed by atoms with Gasteiger partial charge in [0.2, 0.25) is 5.91 Å². The van der Waals surface area contributed by atoms with E-state index in [1.807, 2.05) is 20.8 Å². The highest BCUT2D eigenvalue weighted by atomic mass is 127. The van der Waals surface area contributed by atoms with Gasteiger partial charge in [-0.05, 0) is 40.0 Å². The highest BCUT2D eigenvalue weighted by Gasteiger charge is 2.67. The fourth-order valence-electron chi connectivity index (χ4n) is 4.13. The number of halogens is 2. The highest BCUT2D eigenvalue weighted by Crippen LogP contribution is 2.55. The predicted molar refractivity (Wildman–Crippen MR) is 113 cm³/mol. The predicted octanol–water partition coefficient (Wildman–Crippen LogP) is 3.60. The summed E-state index contributed by atoms with van der Waals surface area (Å²) in [6, 6.07) is 0. The number of rotatable bonds is 6. The Morgan fingerprint density at radius 1 is 1.39 bits per heavy atom. The molecule has 1 saturated carbocycles. The second-order valence-electron chi connectivity index (χ2n) is 7.98. The van der Waals surface area contributed by atoms with Crippen molar-refractivity contribution in [3.8, 4) is 0 Å². The zero-order valence-corrected chi connectivity index (χ0v) is 19.8. The smallest absolute Gasteiger partial charge is 0.432 e. The average Bonchev–Trinajstić information content (AvgIpc) is 3.30. The van der Waals surface area contributed by atoms with Crippen LogP contribution < -0.4 is 0 Å². The normalized spacial score (nSPS) is 37.1. The number of allylic oxidation sites excluding steroid dienone is 1. The van der Waals surface area contributed by atoms with Crippen LogP contribution in [0.5, 0.6) is 0 Å². The number of hydrogen-bond acceptors (Lipinski definition) is 6. The largest absolute Gasteiger partial charge is 0.442 e. The molecule has 7 nitrogen and oxygen atoms in total. The fourth-order valence-corrected chi connectivity index (χ4v) is 5.03. The van der Waals surface area contributed by atoms with Gasteiger partial charge < -0.3 is 19.3 Å². The molecule has 0 bridgehead atoms. The van der Waals surface area contributed by atoms with E-state index in [0.29, 0.717) is 21.7 Å². The molecule has 0 aromatic heterocycles. The molecule has 1 aliphatic heterocycles. The SMILES string of the molecule is COC1C(OC(=O)N(Cl)C(C)=O)CCC(O)(CI)C1C1(C)OC1CC=C(C)C. The molecular weight excluding hydrogens is 501 g/mol. The van der Waals surface area contributed by atoms with Gasteiger partial charge in [-0.15, -0.1) is 0 Å². The van der Waals surface area contributed by atoms with Crippen molar-refractivity contribution >= 4 is 46.4 Å². The minimum absolute atomic E-state index is 0.0456. The van der Waals surface area contributed by atoms with E-state index in [9.17, 15) is 14.7 Å². The van der Waals surface area contributed by atoms with Crippen LogP contribution >= 0.6 is 34.4 Å². The van der Waals surface area contributed by atoms with Crippen molar-refractivity contribution in [3.05, 3.63) is 11.6 Å². The van der Waals surface area contributed by atoms with Gasteiger partial charge in [0.15, 0.2) is 0 Å².